The highest BCUT2D eigenvalue weighted by Gasteiger charge is 2.35. The van der Waals surface area contributed by atoms with Gasteiger partial charge in [-0.15, -0.1) is 0 Å². The second kappa shape index (κ2) is 5.34. The molecule has 0 saturated carbocycles. The third-order valence-electron chi connectivity index (χ3n) is 3.71. The molecule has 0 aliphatic carbocycles. The Morgan fingerprint density at radius 1 is 1.09 bits per heavy atom. The van der Waals surface area contributed by atoms with Crippen LogP contribution >= 0.6 is 0 Å². The summed E-state index contributed by atoms with van der Waals surface area (Å²) in [7, 11) is -3.44. The molecule has 1 aliphatic heterocycles. The molecule has 120 valence electrons. The van der Waals surface area contributed by atoms with Crippen molar-refractivity contribution in [2.24, 2.45) is 0 Å². The van der Waals surface area contributed by atoms with Gasteiger partial charge in [-0.05, 0) is 30.0 Å². The number of imide groups is 1. The molecule has 7 heteroatoms. The lowest BCUT2D eigenvalue weighted by atomic mass is 10.0. The van der Waals surface area contributed by atoms with Gasteiger partial charge >= 0.3 is 0 Å². The lowest BCUT2D eigenvalue weighted by molar-refractivity contribution is 0.0654. The Bertz CT molecular complexity index is 934. The number of hydrogen-bond donors (Lipinski definition) is 1. The molecule has 23 heavy (non-hydrogen) atoms. The zero-order chi connectivity index (χ0) is 16.8. The molecule has 0 unspecified atom stereocenters. The molecule has 3 rings (SSSR count). The maximum Gasteiger partial charge on any atom is 0.261 e. The van der Waals surface area contributed by atoms with Crippen molar-refractivity contribution in [2.45, 2.75) is 13.3 Å². The van der Waals surface area contributed by atoms with E-state index in [0.29, 0.717) is 40.6 Å². The number of hydrogen-bond acceptors (Lipinski definition) is 4. The predicted octanol–water partition coefficient (Wildman–Crippen LogP) is 2.22. The summed E-state index contributed by atoms with van der Waals surface area (Å²) in [6.45, 7) is 2.27. The third-order valence-corrected chi connectivity index (χ3v) is 4.30. The Hall–Kier alpha value is -2.41. The van der Waals surface area contributed by atoms with Gasteiger partial charge in [-0.2, -0.15) is 0 Å². The van der Waals surface area contributed by atoms with E-state index in [1.54, 1.807) is 30.3 Å². The quantitative estimate of drug-likeness (QED) is 0.870. The molecule has 0 fully saturated rings. The van der Waals surface area contributed by atoms with Crippen LogP contribution in [0.2, 0.25) is 0 Å². The highest BCUT2D eigenvalue weighted by Crippen LogP contribution is 2.32. The van der Waals surface area contributed by atoms with Crippen molar-refractivity contribution in [1.82, 2.24) is 4.90 Å². The molecule has 1 heterocycles. The first-order chi connectivity index (χ1) is 10.8. The van der Waals surface area contributed by atoms with Crippen molar-refractivity contribution in [1.29, 1.82) is 0 Å². The molecule has 2 aromatic rings. The minimum Gasteiger partial charge on any atom is -0.283 e. The van der Waals surface area contributed by atoms with Gasteiger partial charge in [-0.1, -0.05) is 19.1 Å². The number of rotatable bonds is 4. The van der Waals surface area contributed by atoms with Gasteiger partial charge in [0.05, 0.1) is 23.1 Å². The van der Waals surface area contributed by atoms with Crippen LogP contribution in [0.5, 0.6) is 0 Å². The van der Waals surface area contributed by atoms with Gasteiger partial charge < -0.3 is 0 Å². The molecule has 0 spiro atoms. The number of nitrogens with zero attached hydrogens (tertiary/aromatic N) is 1. The molecule has 1 aliphatic rings. The predicted molar refractivity (Wildman–Crippen MR) is 88.1 cm³/mol. The monoisotopic (exact) mass is 332 g/mol. The van der Waals surface area contributed by atoms with Crippen LogP contribution in [0.3, 0.4) is 0 Å². The Balaban J connectivity index is 2.19. The van der Waals surface area contributed by atoms with Crippen LogP contribution in [0.15, 0.2) is 30.3 Å². The third kappa shape index (κ3) is 2.68. The van der Waals surface area contributed by atoms with Gasteiger partial charge in [0.1, 0.15) is 0 Å². The minimum absolute atomic E-state index is 0.296. The van der Waals surface area contributed by atoms with E-state index in [1.165, 1.54) is 4.90 Å². The fraction of sp³-hybridized carbons (Fsp3) is 0.250. The lowest BCUT2D eigenvalue weighted by Gasteiger charge is -2.11. The maximum absolute atomic E-state index is 12.4. The Morgan fingerprint density at radius 2 is 1.74 bits per heavy atom. The first kappa shape index (κ1) is 15.5. The second-order valence-electron chi connectivity index (χ2n) is 5.56. The number of anilines is 1. The van der Waals surface area contributed by atoms with Gasteiger partial charge in [0.15, 0.2) is 0 Å². The molecule has 6 nitrogen and oxygen atoms in total. The summed E-state index contributed by atoms with van der Waals surface area (Å²) < 4.78 is 25.4. The van der Waals surface area contributed by atoms with Crippen molar-refractivity contribution in [3.05, 3.63) is 41.5 Å². The second-order valence-corrected chi connectivity index (χ2v) is 7.31. The zero-order valence-corrected chi connectivity index (χ0v) is 13.6. The van der Waals surface area contributed by atoms with E-state index < -0.39 is 10.0 Å². The van der Waals surface area contributed by atoms with Crippen molar-refractivity contribution in [3.63, 3.8) is 0 Å². The lowest BCUT2D eigenvalue weighted by Crippen LogP contribution is -2.30. The molecular weight excluding hydrogens is 316 g/mol. The molecular formula is C16H16N2O4S. The van der Waals surface area contributed by atoms with Crippen molar-refractivity contribution < 1.29 is 18.0 Å². The molecule has 0 aromatic heterocycles. The molecule has 2 amide bonds. The standard InChI is InChI=1S/C16H16N2O4S/c1-3-7-18-15(19)12-8-10-5-4-6-14(17-23(2,21)22)11(10)9-13(12)16(18)20/h4-6,8-9,17H,3,7H2,1-2H3. The number of carbonyl (C=O) groups excluding carboxylic acids is 2. The number of carbonyl (C=O) groups is 2. The van der Waals surface area contributed by atoms with E-state index in [2.05, 4.69) is 4.72 Å². The largest absolute Gasteiger partial charge is 0.283 e. The van der Waals surface area contributed by atoms with Crippen LogP contribution in [0.1, 0.15) is 34.1 Å². The zero-order valence-electron chi connectivity index (χ0n) is 12.8. The Labute approximate surface area is 134 Å². The van der Waals surface area contributed by atoms with Crippen LogP contribution in [0, 0.1) is 0 Å². The molecule has 1 N–H and O–H groups in total. The van der Waals surface area contributed by atoms with Crippen LogP contribution < -0.4 is 4.72 Å². The Kier molecular flexibility index (Phi) is 3.60. The van der Waals surface area contributed by atoms with Gasteiger partial charge in [0.25, 0.3) is 11.8 Å². The number of nitrogens with one attached hydrogen (secondary N) is 1. The number of benzene rings is 2. The molecule has 0 radical (unpaired) electrons. The summed E-state index contributed by atoms with van der Waals surface area (Å²) in [5, 5.41) is 1.30. The highest BCUT2D eigenvalue weighted by atomic mass is 32.2. The first-order valence-electron chi connectivity index (χ1n) is 7.22. The normalized spacial score (nSPS) is 14.4. The SMILES string of the molecule is CCCN1C(=O)c2cc3cccc(NS(C)(=O)=O)c3cc2C1=O. The van der Waals surface area contributed by atoms with Gasteiger partial charge in [0, 0.05) is 11.9 Å². The molecule has 0 bridgehead atoms. The molecule has 0 saturated heterocycles. The summed E-state index contributed by atoms with van der Waals surface area (Å²) in [6.07, 6.45) is 1.75. The van der Waals surface area contributed by atoms with Crippen molar-refractivity contribution in [2.75, 3.05) is 17.5 Å². The number of amides is 2. The number of sulfonamides is 1. The Morgan fingerprint density at radius 3 is 2.35 bits per heavy atom. The van der Waals surface area contributed by atoms with E-state index in [9.17, 15) is 18.0 Å². The fourth-order valence-corrected chi connectivity index (χ4v) is 3.36. The summed E-state index contributed by atoms with van der Waals surface area (Å²) in [4.78, 5) is 26.0. The van der Waals surface area contributed by atoms with E-state index >= 15 is 0 Å². The number of fused-ring (bicyclic) bond motifs is 2. The van der Waals surface area contributed by atoms with E-state index in [0.717, 1.165) is 6.26 Å². The van der Waals surface area contributed by atoms with Gasteiger partial charge in [0.2, 0.25) is 10.0 Å². The van der Waals surface area contributed by atoms with Gasteiger partial charge in [-0.25, -0.2) is 8.42 Å². The van der Waals surface area contributed by atoms with E-state index in [-0.39, 0.29) is 11.8 Å². The maximum atomic E-state index is 12.4. The van der Waals surface area contributed by atoms with Crippen LogP contribution in [0.25, 0.3) is 10.8 Å². The van der Waals surface area contributed by atoms with E-state index in [1.807, 2.05) is 6.92 Å². The van der Waals surface area contributed by atoms with E-state index in [4.69, 9.17) is 0 Å². The first-order valence-corrected chi connectivity index (χ1v) is 9.11. The fourth-order valence-electron chi connectivity index (χ4n) is 2.78. The molecule has 2 aromatic carbocycles. The summed E-state index contributed by atoms with van der Waals surface area (Å²) in [5.41, 5.74) is 1.08. The topological polar surface area (TPSA) is 83.6 Å². The smallest absolute Gasteiger partial charge is 0.261 e. The summed E-state index contributed by atoms with van der Waals surface area (Å²) >= 11 is 0. The summed E-state index contributed by atoms with van der Waals surface area (Å²) in [6, 6.07) is 8.35. The summed E-state index contributed by atoms with van der Waals surface area (Å²) in [5.74, 6) is -0.627. The van der Waals surface area contributed by atoms with Crippen molar-refractivity contribution in [3.8, 4) is 0 Å². The average molecular weight is 332 g/mol. The van der Waals surface area contributed by atoms with Crippen LogP contribution in [-0.2, 0) is 10.0 Å². The van der Waals surface area contributed by atoms with Crippen LogP contribution in [-0.4, -0.2) is 37.9 Å². The highest BCUT2D eigenvalue weighted by molar-refractivity contribution is 7.92. The molecule has 0 atom stereocenters. The average Bonchev–Trinajstić information content (AvgIpc) is 2.70. The van der Waals surface area contributed by atoms with Crippen LogP contribution in [0.4, 0.5) is 5.69 Å². The minimum atomic E-state index is -3.44. The van der Waals surface area contributed by atoms with Crippen molar-refractivity contribution >= 4 is 38.3 Å². The van der Waals surface area contributed by atoms with Gasteiger partial charge in [-0.3, -0.25) is 19.2 Å².